The highest BCUT2D eigenvalue weighted by atomic mass is 35.5. The standard InChI is InChI=1S/C13H20N4O3.ClH/c1-13(2,7-14)8-16(3)12(18)9-5-4-6-10(11(9)15)17(19)20;/h4-6H,7-8,14-15H2,1-3H3;1H. The molecule has 8 heteroatoms. The number of anilines is 1. The van der Waals surface area contributed by atoms with Gasteiger partial charge in [-0.05, 0) is 18.0 Å². The largest absolute Gasteiger partial charge is 0.393 e. The number of nitrogen functional groups attached to an aromatic ring is 1. The van der Waals surface area contributed by atoms with Crippen LogP contribution in [0.2, 0.25) is 0 Å². The minimum Gasteiger partial charge on any atom is -0.393 e. The molecule has 0 saturated heterocycles. The summed E-state index contributed by atoms with van der Waals surface area (Å²) in [6.07, 6.45) is 0. The molecule has 1 rings (SSSR count). The second kappa shape index (κ2) is 7.24. The van der Waals surface area contributed by atoms with Gasteiger partial charge in [0, 0.05) is 19.7 Å². The number of halogens is 1. The Morgan fingerprint density at radius 1 is 1.43 bits per heavy atom. The minimum absolute atomic E-state index is 0. The Morgan fingerprint density at radius 3 is 2.48 bits per heavy atom. The summed E-state index contributed by atoms with van der Waals surface area (Å²) in [4.78, 5) is 24.0. The van der Waals surface area contributed by atoms with Gasteiger partial charge in [0.15, 0.2) is 0 Å². The summed E-state index contributed by atoms with van der Waals surface area (Å²) in [5.74, 6) is -0.354. The Balaban J connectivity index is 0.00000400. The van der Waals surface area contributed by atoms with Gasteiger partial charge in [0.25, 0.3) is 11.6 Å². The Hall–Kier alpha value is -1.86. The van der Waals surface area contributed by atoms with E-state index < -0.39 is 4.92 Å². The third-order valence-electron chi connectivity index (χ3n) is 3.07. The Labute approximate surface area is 129 Å². The van der Waals surface area contributed by atoms with Gasteiger partial charge in [-0.1, -0.05) is 19.9 Å². The number of nitro groups is 1. The highest BCUT2D eigenvalue weighted by Crippen LogP contribution is 2.26. The van der Waals surface area contributed by atoms with Crippen molar-refractivity contribution in [1.82, 2.24) is 4.90 Å². The summed E-state index contributed by atoms with van der Waals surface area (Å²) in [6, 6.07) is 4.20. The number of nitrogens with two attached hydrogens (primary N) is 2. The first-order valence-electron chi connectivity index (χ1n) is 6.18. The molecule has 0 aliphatic carbocycles. The third kappa shape index (κ3) is 4.57. The van der Waals surface area contributed by atoms with Crippen molar-refractivity contribution in [3.05, 3.63) is 33.9 Å². The molecular formula is C13H21ClN4O3. The van der Waals surface area contributed by atoms with E-state index in [2.05, 4.69) is 0 Å². The lowest BCUT2D eigenvalue weighted by Crippen LogP contribution is -2.40. The maximum atomic E-state index is 12.3. The number of hydrogen-bond acceptors (Lipinski definition) is 5. The Morgan fingerprint density at radius 2 is 2.00 bits per heavy atom. The molecule has 0 aromatic heterocycles. The van der Waals surface area contributed by atoms with Crippen LogP contribution >= 0.6 is 12.4 Å². The SMILES string of the molecule is CN(CC(C)(C)CN)C(=O)c1cccc([N+](=O)[O-])c1N.Cl. The predicted molar refractivity (Wildman–Crippen MR) is 84.6 cm³/mol. The molecule has 7 nitrogen and oxygen atoms in total. The smallest absolute Gasteiger partial charge is 0.292 e. The summed E-state index contributed by atoms with van der Waals surface area (Å²) in [7, 11) is 1.62. The van der Waals surface area contributed by atoms with Crippen molar-refractivity contribution < 1.29 is 9.72 Å². The molecule has 21 heavy (non-hydrogen) atoms. The summed E-state index contributed by atoms with van der Waals surface area (Å²) in [5, 5.41) is 10.8. The molecule has 0 aliphatic heterocycles. The first kappa shape index (κ1) is 19.1. The van der Waals surface area contributed by atoms with E-state index in [0.29, 0.717) is 13.1 Å². The monoisotopic (exact) mass is 316 g/mol. The fourth-order valence-electron chi connectivity index (χ4n) is 1.88. The first-order chi connectivity index (χ1) is 9.19. The number of amides is 1. The number of hydrogen-bond donors (Lipinski definition) is 2. The molecule has 0 spiro atoms. The van der Waals surface area contributed by atoms with Crippen LogP contribution in [0.3, 0.4) is 0 Å². The van der Waals surface area contributed by atoms with E-state index in [9.17, 15) is 14.9 Å². The molecule has 0 saturated carbocycles. The van der Waals surface area contributed by atoms with E-state index in [-0.39, 0.29) is 40.7 Å². The van der Waals surface area contributed by atoms with Gasteiger partial charge in [0.2, 0.25) is 0 Å². The van der Waals surface area contributed by atoms with Crippen LogP contribution in [-0.4, -0.2) is 35.9 Å². The zero-order valence-corrected chi connectivity index (χ0v) is 13.1. The van der Waals surface area contributed by atoms with E-state index in [4.69, 9.17) is 11.5 Å². The van der Waals surface area contributed by atoms with Gasteiger partial charge in [-0.3, -0.25) is 14.9 Å². The second-order valence-corrected chi connectivity index (χ2v) is 5.53. The molecule has 1 aromatic carbocycles. The van der Waals surface area contributed by atoms with Gasteiger partial charge >= 0.3 is 0 Å². The predicted octanol–water partition coefficient (Wildman–Crippen LogP) is 1.66. The van der Waals surface area contributed by atoms with Crippen molar-refractivity contribution >= 4 is 29.7 Å². The van der Waals surface area contributed by atoms with Crippen molar-refractivity contribution in [3.8, 4) is 0 Å². The highest BCUT2D eigenvalue weighted by molar-refractivity contribution is 6.00. The molecule has 0 aliphatic rings. The Bertz CT molecular complexity index is 534. The lowest BCUT2D eigenvalue weighted by Gasteiger charge is -2.29. The fraction of sp³-hybridized carbons (Fsp3) is 0.462. The molecule has 0 fully saturated rings. The molecule has 4 N–H and O–H groups in total. The van der Waals surface area contributed by atoms with Gasteiger partial charge in [-0.15, -0.1) is 12.4 Å². The zero-order valence-electron chi connectivity index (χ0n) is 12.3. The van der Waals surface area contributed by atoms with Crippen molar-refractivity contribution in [2.75, 3.05) is 25.9 Å². The highest BCUT2D eigenvalue weighted by Gasteiger charge is 2.25. The first-order valence-corrected chi connectivity index (χ1v) is 6.18. The summed E-state index contributed by atoms with van der Waals surface area (Å²) >= 11 is 0. The lowest BCUT2D eigenvalue weighted by atomic mass is 9.93. The molecule has 118 valence electrons. The molecule has 0 heterocycles. The third-order valence-corrected chi connectivity index (χ3v) is 3.07. The van der Waals surface area contributed by atoms with Crippen molar-refractivity contribution in [1.29, 1.82) is 0 Å². The van der Waals surface area contributed by atoms with E-state index in [0.717, 1.165) is 0 Å². The molecule has 0 atom stereocenters. The number of nitro benzene ring substituents is 1. The quantitative estimate of drug-likeness (QED) is 0.487. The minimum atomic E-state index is -0.601. The fourth-order valence-corrected chi connectivity index (χ4v) is 1.88. The van der Waals surface area contributed by atoms with Gasteiger partial charge in [-0.2, -0.15) is 0 Å². The van der Waals surface area contributed by atoms with Crippen molar-refractivity contribution in [2.45, 2.75) is 13.8 Å². The van der Waals surface area contributed by atoms with E-state index in [1.165, 1.54) is 23.1 Å². The van der Waals surface area contributed by atoms with E-state index in [1.54, 1.807) is 7.05 Å². The average molecular weight is 317 g/mol. The van der Waals surface area contributed by atoms with Crippen LogP contribution in [0.4, 0.5) is 11.4 Å². The van der Waals surface area contributed by atoms with Gasteiger partial charge < -0.3 is 16.4 Å². The van der Waals surface area contributed by atoms with Crippen molar-refractivity contribution in [3.63, 3.8) is 0 Å². The van der Waals surface area contributed by atoms with Crippen LogP contribution in [0.5, 0.6) is 0 Å². The summed E-state index contributed by atoms with van der Waals surface area (Å²) in [5.41, 5.74) is 10.9. The maximum absolute atomic E-state index is 12.3. The zero-order chi connectivity index (χ0) is 15.5. The number of para-hydroxylation sites is 1. The molecule has 1 amide bonds. The molecular weight excluding hydrogens is 296 g/mol. The van der Waals surface area contributed by atoms with E-state index in [1.807, 2.05) is 13.8 Å². The van der Waals surface area contributed by atoms with Crippen LogP contribution in [-0.2, 0) is 0 Å². The van der Waals surface area contributed by atoms with Gasteiger partial charge in [0.1, 0.15) is 5.69 Å². The normalized spacial score (nSPS) is 10.7. The number of nitrogens with zero attached hydrogens (tertiary/aromatic N) is 2. The molecule has 0 bridgehead atoms. The van der Waals surface area contributed by atoms with Gasteiger partial charge in [-0.25, -0.2) is 0 Å². The molecule has 0 unspecified atom stereocenters. The van der Waals surface area contributed by atoms with Crippen LogP contribution in [0, 0.1) is 15.5 Å². The van der Waals surface area contributed by atoms with Crippen molar-refractivity contribution in [2.24, 2.45) is 11.1 Å². The van der Waals surface area contributed by atoms with Gasteiger partial charge in [0.05, 0.1) is 10.5 Å². The number of carbonyl (C=O) groups excluding carboxylic acids is 1. The van der Waals surface area contributed by atoms with Crippen LogP contribution in [0.15, 0.2) is 18.2 Å². The molecule has 1 aromatic rings. The lowest BCUT2D eigenvalue weighted by molar-refractivity contribution is -0.383. The summed E-state index contributed by atoms with van der Waals surface area (Å²) < 4.78 is 0. The average Bonchev–Trinajstić information content (AvgIpc) is 2.37. The van der Waals surface area contributed by atoms with Crippen LogP contribution < -0.4 is 11.5 Å². The topological polar surface area (TPSA) is 115 Å². The van der Waals surface area contributed by atoms with Crippen LogP contribution in [0.1, 0.15) is 24.2 Å². The molecule has 0 radical (unpaired) electrons. The Kier molecular flexibility index (Phi) is 6.59. The number of benzene rings is 1. The van der Waals surface area contributed by atoms with E-state index >= 15 is 0 Å². The second-order valence-electron chi connectivity index (χ2n) is 5.53. The van der Waals surface area contributed by atoms with Crippen LogP contribution in [0.25, 0.3) is 0 Å². The maximum Gasteiger partial charge on any atom is 0.292 e. The number of rotatable bonds is 5. The number of carbonyl (C=O) groups is 1. The summed E-state index contributed by atoms with van der Waals surface area (Å²) in [6.45, 7) is 4.74.